The molecule has 140 valence electrons. The van der Waals surface area contributed by atoms with Crippen LogP contribution in [0.3, 0.4) is 0 Å². The molecule has 1 aromatic heterocycles. The minimum absolute atomic E-state index is 0.0982. The number of rotatable bonds is 5. The van der Waals surface area contributed by atoms with Gasteiger partial charge in [0.25, 0.3) is 0 Å². The van der Waals surface area contributed by atoms with Crippen LogP contribution in [0.1, 0.15) is 37.6 Å². The third-order valence-electron chi connectivity index (χ3n) is 3.92. The lowest BCUT2D eigenvalue weighted by molar-refractivity contribution is 0.446. The van der Waals surface area contributed by atoms with Crippen molar-refractivity contribution < 1.29 is 4.74 Å². The lowest BCUT2D eigenvalue weighted by Crippen LogP contribution is -2.14. The third kappa shape index (κ3) is 5.72. The van der Waals surface area contributed by atoms with Crippen LogP contribution in [0.5, 0.6) is 11.6 Å². The molecule has 0 atom stereocenters. The highest BCUT2D eigenvalue weighted by Crippen LogP contribution is 2.30. The van der Waals surface area contributed by atoms with E-state index in [0.717, 1.165) is 33.3 Å². The van der Waals surface area contributed by atoms with E-state index in [0.29, 0.717) is 11.0 Å². The number of benzene rings is 2. The first-order chi connectivity index (χ1) is 12.8. The second kappa shape index (κ2) is 8.32. The highest BCUT2D eigenvalue weighted by atomic mass is 35.5. The van der Waals surface area contributed by atoms with Crippen LogP contribution in [0, 0.1) is 6.92 Å². The maximum atomic E-state index is 6.08. The van der Waals surface area contributed by atoms with E-state index in [9.17, 15) is 0 Å². The van der Waals surface area contributed by atoms with Crippen LogP contribution in [0.25, 0.3) is 0 Å². The first-order valence-corrected chi connectivity index (χ1v) is 10.2. The molecule has 0 spiro atoms. The molecule has 27 heavy (non-hydrogen) atoms. The summed E-state index contributed by atoms with van der Waals surface area (Å²) < 4.78 is 6.02. The summed E-state index contributed by atoms with van der Waals surface area (Å²) in [6, 6.07) is 17.7. The molecule has 0 aliphatic heterocycles. The fraction of sp³-hybridized carbons (Fsp3) is 0.273. The van der Waals surface area contributed by atoms with Crippen LogP contribution >= 0.6 is 23.4 Å². The summed E-state index contributed by atoms with van der Waals surface area (Å²) in [5.41, 5.74) is 3.14. The quantitative estimate of drug-likeness (QED) is 0.349. The molecule has 0 aliphatic carbocycles. The van der Waals surface area contributed by atoms with Crippen molar-refractivity contribution >= 4 is 23.4 Å². The van der Waals surface area contributed by atoms with Crippen LogP contribution < -0.4 is 4.74 Å². The van der Waals surface area contributed by atoms with Crippen molar-refractivity contribution in [2.45, 2.75) is 44.0 Å². The van der Waals surface area contributed by atoms with Gasteiger partial charge in [-0.3, -0.25) is 0 Å². The Morgan fingerprint density at radius 2 is 1.78 bits per heavy atom. The number of aryl methyl sites for hydroxylation is 1. The first-order valence-electron chi connectivity index (χ1n) is 8.81. The summed E-state index contributed by atoms with van der Waals surface area (Å²) in [5.74, 6) is 2.09. The standard InChI is InChI=1S/C22H23ClN2OS/c1-15-7-5-10-18(11-15)26-20-13-19(22(2,3)4)24-21(25-20)27-14-16-8-6-9-17(23)12-16/h5-13H,14H2,1-4H3. The van der Waals surface area contributed by atoms with Crippen molar-refractivity contribution in [1.82, 2.24) is 9.97 Å². The summed E-state index contributed by atoms with van der Waals surface area (Å²) in [5, 5.41) is 1.44. The zero-order valence-electron chi connectivity index (χ0n) is 16.0. The monoisotopic (exact) mass is 398 g/mol. The summed E-state index contributed by atoms with van der Waals surface area (Å²) in [6.07, 6.45) is 0. The van der Waals surface area contributed by atoms with Gasteiger partial charge < -0.3 is 4.74 Å². The molecule has 3 rings (SSSR count). The summed E-state index contributed by atoms with van der Waals surface area (Å²) >= 11 is 7.66. The van der Waals surface area contributed by atoms with Gasteiger partial charge in [0, 0.05) is 22.3 Å². The number of hydrogen-bond acceptors (Lipinski definition) is 4. The van der Waals surface area contributed by atoms with Crippen LogP contribution in [0.15, 0.2) is 59.8 Å². The van der Waals surface area contributed by atoms with E-state index in [1.54, 1.807) is 11.8 Å². The van der Waals surface area contributed by atoms with Gasteiger partial charge in [-0.25, -0.2) is 4.98 Å². The van der Waals surface area contributed by atoms with Crippen molar-refractivity contribution in [2.75, 3.05) is 0 Å². The molecular weight excluding hydrogens is 376 g/mol. The van der Waals surface area contributed by atoms with E-state index < -0.39 is 0 Å². The maximum Gasteiger partial charge on any atom is 0.223 e. The van der Waals surface area contributed by atoms with Gasteiger partial charge in [-0.1, -0.05) is 68.4 Å². The fourth-order valence-corrected chi connectivity index (χ4v) is 3.48. The van der Waals surface area contributed by atoms with Gasteiger partial charge in [0.15, 0.2) is 5.16 Å². The van der Waals surface area contributed by atoms with Gasteiger partial charge in [-0.15, -0.1) is 0 Å². The number of ether oxygens (including phenoxy) is 1. The predicted octanol–water partition coefficient (Wildman–Crippen LogP) is 6.82. The molecule has 3 nitrogen and oxygen atoms in total. The number of aromatic nitrogens is 2. The first kappa shape index (κ1) is 19.7. The number of thioether (sulfide) groups is 1. The lowest BCUT2D eigenvalue weighted by Gasteiger charge is -2.19. The Bertz CT molecular complexity index is 938. The average molecular weight is 399 g/mol. The highest BCUT2D eigenvalue weighted by Gasteiger charge is 2.19. The molecule has 0 saturated carbocycles. The van der Waals surface area contributed by atoms with Crippen LogP contribution in [0.4, 0.5) is 0 Å². The average Bonchev–Trinajstić information content (AvgIpc) is 2.59. The third-order valence-corrected chi connectivity index (χ3v) is 5.07. The van der Waals surface area contributed by atoms with Crippen molar-refractivity contribution in [3.63, 3.8) is 0 Å². The molecule has 5 heteroatoms. The SMILES string of the molecule is Cc1cccc(Oc2cc(C(C)(C)C)nc(SCc3cccc(Cl)c3)n2)c1. The fourth-order valence-electron chi connectivity index (χ4n) is 2.48. The number of hydrogen-bond donors (Lipinski definition) is 0. The molecule has 2 aromatic carbocycles. The molecule has 0 saturated heterocycles. The molecule has 0 fully saturated rings. The normalized spacial score (nSPS) is 11.4. The summed E-state index contributed by atoms with van der Waals surface area (Å²) in [7, 11) is 0. The van der Waals surface area contributed by atoms with Gasteiger partial charge >= 0.3 is 0 Å². The van der Waals surface area contributed by atoms with Crippen molar-refractivity contribution in [2.24, 2.45) is 0 Å². The molecule has 0 amide bonds. The van der Waals surface area contributed by atoms with Gasteiger partial charge in [0.2, 0.25) is 5.88 Å². The summed E-state index contributed by atoms with van der Waals surface area (Å²) in [6.45, 7) is 8.45. The van der Waals surface area contributed by atoms with E-state index >= 15 is 0 Å². The molecule has 0 N–H and O–H groups in total. The highest BCUT2D eigenvalue weighted by molar-refractivity contribution is 7.98. The van der Waals surface area contributed by atoms with Crippen molar-refractivity contribution in [3.8, 4) is 11.6 Å². The van der Waals surface area contributed by atoms with Crippen LogP contribution in [-0.2, 0) is 11.2 Å². The minimum Gasteiger partial charge on any atom is -0.439 e. The zero-order chi connectivity index (χ0) is 19.4. The molecule has 0 radical (unpaired) electrons. The predicted molar refractivity (Wildman–Crippen MR) is 113 cm³/mol. The van der Waals surface area contributed by atoms with Gasteiger partial charge in [-0.2, -0.15) is 4.98 Å². The molecular formula is C22H23ClN2OS. The van der Waals surface area contributed by atoms with E-state index in [4.69, 9.17) is 21.3 Å². The Labute approximate surface area is 170 Å². The van der Waals surface area contributed by atoms with E-state index in [2.05, 4.69) is 31.8 Å². The molecule has 0 bridgehead atoms. The van der Waals surface area contributed by atoms with Crippen molar-refractivity contribution in [3.05, 3.63) is 76.4 Å². The van der Waals surface area contributed by atoms with E-state index in [-0.39, 0.29) is 5.41 Å². The van der Waals surface area contributed by atoms with Crippen molar-refractivity contribution in [1.29, 1.82) is 0 Å². The van der Waals surface area contributed by atoms with E-state index in [1.165, 1.54) is 0 Å². The van der Waals surface area contributed by atoms with Crippen LogP contribution in [-0.4, -0.2) is 9.97 Å². The van der Waals surface area contributed by atoms with E-state index in [1.807, 2.05) is 55.5 Å². The van der Waals surface area contributed by atoms with Crippen LogP contribution in [0.2, 0.25) is 5.02 Å². The van der Waals surface area contributed by atoms with Gasteiger partial charge in [-0.05, 0) is 42.3 Å². The zero-order valence-corrected chi connectivity index (χ0v) is 17.6. The molecule has 3 aromatic rings. The maximum absolute atomic E-state index is 6.08. The Kier molecular flexibility index (Phi) is 6.08. The molecule has 1 heterocycles. The Morgan fingerprint density at radius 1 is 1.00 bits per heavy atom. The van der Waals surface area contributed by atoms with Gasteiger partial charge in [0.05, 0.1) is 5.69 Å². The Hall–Kier alpha value is -2.04. The number of nitrogens with zero attached hydrogens (tertiary/aromatic N) is 2. The summed E-state index contributed by atoms with van der Waals surface area (Å²) in [4.78, 5) is 9.35. The second-order valence-corrected chi connectivity index (χ2v) is 8.84. The number of halogens is 1. The molecule has 0 unspecified atom stereocenters. The topological polar surface area (TPSA) is 35.0 Å². The largest absolute Gasteiger partial charge is 0.439 e. The smallest absolute Gasteiger partial charge is 0.223 e. The Morgan fingerprint density at radius 3 is 2.48 bits per heavy atom. The molecule has 0 aliphatic rings. The van der Waals surface area contributed by atoms with Gasteiger partial charge in [0.1, 0.15) is 5.75 Å². The Balaban J connectivity index is 1.86. The minimum atomic E-state index is -0.0982. The lowest BCUT2D eigenvalue weighted by atomic mass is 9.92. The second-order valence-electron chi connectivity index (χ2n) is 7.46.